The average molecular weight is 463 g/mol. The van der Waals surface area contributed by atoms with E-state index in [1.165, 1.54) is 22.6 Å². The molecular formula is C20H20BrFN4OS. The van der Waals surface area contributed by atoms with E-state index in [2.05, 4.69) is 43.1 Å². The van der Waals surface area contributed by atoms with Gasteiger partial charge in [-0.05, 0) is 49.4 Å². The van der Waals surface area contributed by atoms with Crippen LogP contribution in [0.5, 0.6) is 0 Å². The number of likely N-dealkylation sites (N-methyl/N-ethyl adjacent to an activating group) is 1. The number of halogens is 2. The van der Waals surface area contributed by atoms with Crippen LogP contribution in [0.15, 0.2) is 47.2 Å². The summed E-state index contributed by atoms with van der Waals surface area (Å²) in [4.78, 5) is 16.0. The number of thiophene rings is 1. The number of hydrogen-bond donors (Lipinski definition) is 2. The van der Waals surface area contributed by atoms with Gasteiger partial charge in [-0.2, -0.15) is 0 Å². The highest BCUT2D eigenvalue weighted by Crippen LogP contribution is 2.35. The molecule has 8 heteroatoms. The second kappa shape index (κ2) is 8.06. The van der Waals surface area contributed by atoms with Gasteiger partial charge in [-0.25, -0.2) is 9.18 Å². The second-order valence-electron chi connectivity index (χ2n) is 6.80. The summed E-state index contributed by atoms with van der Waals surface area (Å²) in [6.45, 7) is 2.32. The molecule has 0 bridgehead atoms. The van der Waals surface area contributed by atoms with Gasteiger partial charge in [0.1, 0.15) is 10.8 Å². The average Bonchev–Trinajstić information content (AvgIpc) is 3.29. The van der Waals surface area contributed by atoms with Gasteiger partial charge in [0, 0.05) is 46.9 Å². The number of carbonyl (C=O) groups excluding carboxylic acids is 1. The molecule has 3 heterocycles. The lowest BCUT2D eigenvalue weighted by molar-refractivity contribution is 0.251. The van der Waals surface area contributed by atoms with Crippen LogP contribution >= 0.6 is 27.3 Å². The number of hydrogen-bond acceptors (Lipinski definition) is 3. The Labute approximate surface area is 175 Å². The molecule has 0 saturated heterocycles. The summed E-state index contributed by atoms with van der Waals surface area (Å²) in [5.74, 6) is -0.478. The van der Waals surface area contributed by atoms with Gasteiger partial charge in [0.2, 0.25) is 0 Å². The zero-order valence-electron chi connectivity index (χ0n) is 15.3. The van der Waals surface area contributed by atoms with Crippen LogP contribution in [0.25, 0.3) is 5.00 Å². The molecule has 0 radical (unpaired) electrons. The Morgan fingerprint density at radius 2 is 2.11 bits per heavy atom. The standard InChI is InChI=1S/C20H20BrFN4OS/c1-25-9-6-14-15(19(28-18(14)12-25)26-7-2-3-8-26)11-23-20(27)24-17-5-4-13(21)10-16(17)22/h2-5,7-8,10H,6,9,11-12H2,1H3,(H2,23,24,27). The van der Waals surface area contributed by atoms with Crippen molar-refractivity contribution in [2.24, 2.45) is 0 Å². The smallest absolute Gasteiger partial charge is 0.319 e. The Bertz CT molecular complexity index is 1000. The predicted octanol–water partition coefficient (Wildman–Crippen LogP) is 4.75. The molecule has 0 unspecified atom stereocenters. The topological polar surface area (TPSA) is 49.3 Å². The molecule has 5 nitrogen and oxygen atoms in total. The summed E-state index contributed by atoms with van der Waals surface area (Å²) in [5, 5.41) is 6.60. The fourth-order valence-corrected chi connectivity index (χ4v) is 5.11. The first-order valence-electron chi connectivity index (χ1n) is 8.96. The van der Waals surface area contributed by atoms with E-state index in [1.807, 2.05) is 24.5 Å². The largest absolute Gasteiger partial charge is 0.334 e. The van der Waals surface area contributed by atoms with Gasteiger partial charge in [0.15, 0.2) is 0 Å². The third-order valence-corrected chi connectivity index (χ3v) is 6.55. The van der Waals surface area contributed by atoms with Crippen LogP contribution < -0.4 is 10.6 Å². The van der Waals surface area contributed by atoms with Crippen LogP contribution in [0.3, 0.4) is 0 Å². The van der Waals surface area contributed by atoms with Crippen LogP contribution in [-0.2, 0) is 19.5 Å². The minimum absolute atomic E-state index is 0.153. The monoisotopic (exact) mass is 462 g/mol. The third kappa shape index (κ3) is 3.99. The predicted molar refractivity (Wildman–Crippen MR) is 114 cm³/mol. The van der Waals surface area contributed by atoms with Crippen molar-refractivity contribution >= 4 is 39.0 Å². The highest BCUT2D eigenvalue weighted by Gasteiger charge is 2.23. The lowest BCUT2D eigenvalue weighted by Gasteiger charge is -2.22. The van der Waals surface area contributed by atoms with Crippen LogP contribution in [-0.4, -0.2) is 29.1 Å². The zero-order valence-corrected chi connectivity index (χ0v) is 17.7. The molecular weight excluding hydrogens is 443 g/mol. The number of rotatable bonds is 4. The van der Waals surface area contributed by atoms with E-state index in [0.29, 0.717) is 11.0 Å². The molecule has 1 aliphatic heterocycles. The second-order valence-corrected chi connectivity index (χ2v) is 8.80. The van der Waals surface area contributed by atoms with E-state index < -0.39 is 11.8 Å². The van der Waals surface area contributed by atoms with Gasteiger partial charge in [-0.3, -0.25) is 0 Å². The first-order valence-corrected chi connectivity index (χ1v) is 10.6. The number of nitrogens with one attached hydrogen (secondary N) is 2. The molecule has 2 N–H and O–H groups in total. The number of urea groups is 1. The Hall–Kier alpha value is -2.16. The number of aromatic nitrogens is 1. The van der Waals surface area contributed by atoms with Gasteiger partial charge in [0.25, 0.3) is 0 Å². The van der Waals surface area contributed by atoms with Crippen molar-refractivity contribution in [1.82, 2.24) is 14.8 Å². The van der Waals surface area contributed by atoms with E-state index >= 15 is 0 Å². The minimum Gasteiger partial charge on any atom is -0.334 e. The van der Waals surface area contributed by atoms with Gasteiger partial charge in [-0.15, -0.1) is 11.3 Å². The minimum atomic E-state index is -0.478. The van der Waals surface area contributed by atoms with Crippen LogP contribution in [0, 0.1) is 5.82 Å². The summed E-state index contributed by atoms with van der Waals surface area (Å²) in [7, 11) is 2.12. The molecule has 0 fully saturated rings. The summed E-state index contributed by atoms with van der Waals surface area (Å²) in [6.07, 6.45) is 4.99. The Kier molecular flexibility index (Phi) is 5.52. The number of amides is 2. The fraction of sp³-hybridized carbons (Fsp3) is 0.250. The van der Waals surface area contributed by atoms with E-state index in [4.69, 9.17) is 0 Å². The Morgan fingerprint density at radius 3 is 2.86 bits per heavy atom. The van der Waals surface area contributed by atoms with Gasteiger partial charge in [0.05, 0.1) is 5.69 Å². The maximum absolute atomic E-state index is 14.0. The molecule has 1 aliphatic rings. The fourth-order valence-electron chi connectivity index (χ4n) is 3.37. The SMILES string of the molecule is CN1CCc2c(sc(-n3cccc3)c2CNC(=O)Nc2ccc(Br)cc2F)C1. The maximum atomic E-state index is 14.0. The number of nitrogens with zero attached hydrogens (tertiary/aromatic N) is 2. The number of anilines is 1. The number of fused-ring (bicyclic) bond motifs is 1. The van der Waals surface area contributed by atoms with E-state index in [1.54, 1.807) is 17.4 Å². The van der Waals surface area contributed by atoms with E-state index in [0.717, 1.165) is 30.1 Å². The molecule has 1 aromatic carbocycles. The molecule has 0 spiro atoms. The van der Waals surface area contributed by atoms with Crippen LogP contribution in [0.1, 0.15) is 16.0 Å². The van der Waals surface area contributed by atoms with Gasteiger partial charge in [-0.1, -0.05) is 15.9 Å². The number of benzene rings is 1. The van der Waals surface area contributed by atoms with Crippen molar-refractivity contribution in [3.8, 4) is 5.00 Å². The van der Waals surface area contributed by atoms with Crippen molar-refractivity contribution in [1.29, 1.82) is 0 Å². The molecule has 146 valence electrons. The molecule has 2 aromatic heterocycles. The molecule has 28 heavy (non-hydrogen) atoms. The lowest BCUT2D eigenvalue weighted by atomic mass is 10.0. The quantitative estimate of drug-likeness (QED) is 0.587. The van der Waals surface area contributed by atoms with E-state index in [9.17, 15) is 9.18 Å². The highest BCUT2D eigenvalue weighted by atomic mass is 79.9. The Morgan fingerprint density at radius 1 is 1.32 bits per heavy atom. The molecule has 0 atom stereocenters. The summed E-state index contributed by atoms with van der Waals surface area (Å²) in [6, 6.07) is 8.11. The summed E-state index contributed by atoms with van der Waals surface area (Å²) < 4.78 is 16.7. The normalized spacial score (nSPS) is 14.0. The number of carbonyl (C=O) groups is 1. The van der Waals surface area contributed by atoms with Crippen LogP contribution in [0.2, 0.25) is 0 Å². The summed E-state index contributed by atoms with van der Waals surface area (Å²) >= 11 is 4.98. The highest BCUT2D eigenvalue weighted by molar-refractivity contribution is 9.10. The molecule has 4 rings (SSSR count). The van der Waals surface area contributed by atoms with Gasteiger partial charge >= 0.3 is 6.03 Å². The Balaban J connectivity index is 1.53. The van der Waals surface area contributed by atoms with Gasteiger partial charge < -0.3 is 20.1 Å². The van der Waals surface area contributed by atoms with Crippen molar-refractivity contribution in [2.45, 2.75) is 19.5 Å². The molecule has 0 saturated carbocycles. The van der Waals surface area contributed by atoms with Crippen LogP contribution in [0.4, 0.5) is 14.9 Å². The summed E-state index contributed by atoms with van der Waals surface area (Å²) in [5.41, 5.74) is 2.61. The van der Waals surface area contributed by atoms with E-state index in [-0.39, 0.29) is 5.69 Å². The van der Waals surface area contributed by atoms with Crippen molar-refractivity contribution in [2.75, 3.05) is 18.9 Å². The zero-order chi connectivity index (χ0) is 19.7. The van der Waals surface area contributed by atoms with Crippen molar-refractivity contribution in [3.63, 3.8) is 0 Å². The first-order chi connectivity index (χ1) is 13.5. The molecule has 3 aromatic rings. The third-order valence-electron chi connectivity index (χ3n) is 4.78. The molecule has 2 amide bonds. The lowest BCUT2D eigenvalue weighted by Crippen LogP contribution is -2.30. The maximum Gasteiger partial charge on any atom is 0.319 e. The van der Waals surface area contributed by atoms with Crippen molar-refractivity contribution in [3.05, 3.63) is 69.0 Å². The van der Waals surface area contributed by atoms with Crippen molar-refractivity contribution < 1.29 is 9.18 Å². The molecule has 0 aliphatic carbocycles. The first kappa shape index (κ1) is 19.2.